The van der Waals surface area contributed by atoms with E-state index in [2.05, 4.69) is 32.3 Å². The second-order valence-electron chi connectivity index (χ2n) is 12.4. The van der Waals surface area contributed by atoms with Crippen LogP contribution in [0.1, 0.15) is 80.3 Å². The molecule has 3 fully saturated rings. The third kappa shape index (κ3) is 6.72. The lowest BCUT2D eigenvalue weighted by Crippen LogP contribution is -2.47. The number of hydrogen-bond donors (Lipinski definition) is 2. The van der Waals surface area contributed by atoms with Gasteiger partial charge in [0.25, 0.3) is 6.43 Å². The van der Waals surface area contributed by atoms with E-state index in [0.29, 0.717) is 31.0 Å². The van der Waals surface area contributed by atoms with Crippen LogP contribution >= 0.6 is 0 Å². The van der Waals surface area contributed by atoms with Crippen LogP contribution in [0, 0.1) is 17.8 Å². The van der Waals surface area contributed by atoms with Crippen LogP contribution in [0.25, 0.3) is 10.9 Å². The number of hydrogen-bond acceptors (Lipinski definition) is 7. The van der Waals surface area contributed by atoms with Crippen LogP contribution in [0.15, 0.2) is 24.4 Å². The van der Waals surface area contributed by atoms with Gasteiger partial charge in [-0.2, -0.15) is 10.2 Å². The number of carbonyl (C=O) groups is 2. The number of nitrogens with two attached hydrogens (primary N) is 1. The Labute approximate surface area is 259 Å². The minimum Gasteiger partial charge on any atom is -0.396 e. The predicted molar refractivity (Wildman–Crippen MR) is 161 cm³/mol. The molecule has 45 heavy (non-hydrogen) atoms. The Morgan fingerprint density at radius 3 is 2.64 bits per heavy atom. The number of nitrogen functional groups attached to an aromatic ring is 1. The number of amides is 2. The normalized spacial score (nSPS) is 26.2. The summed E-state index contributed by atoms with van der Waals surface area (Å²) in [7, 11) is 1.80. The van der Waals surface area contributed by atoms with Crippen molar-refractivity contribution < 1.29 is 27.5 Å². The van der Waals surface area contributed by atoms with Crippen molar-refractivity contribution in [3.63, 3.8) is 0 Å². The van der Waals surface area contributed by atoms with Crippen LogP contribution in [-0.4, -0.2) is 74.8 Å². The lowest BCUT2D eigenvalue weighted by Gasteiger charge is -2.38. The Morgan fingerprint density at radius 1 is 1.13 bits per heavy atom. The first-order valence-electron chi connectivity index (χ1n) is 15.6. The Hall–Kier alpha value is -3.89. The fraction of sp³-hybridized carbons (Fsp3) is 0.562. The molecule has 1 aromatic carbocycles. The van der Waals surface area contributed by atoms with Gasteiger partial charge in [-0.25, -0.2) is 13.2 Å². The van der Waals surface area contributed by atoms with Crippen LogP contribution in [0.4, 0.5) is 18.9 Å². The number of nitrogens with zero attached hydrogens (tertiary/aromatic N) is 5. The number of rotatable bonds is 7. The SMILES string of the molecule is Cn1nc(C2CCC(=O)NC2=O)c2cccc(C#CCO[C@@H]3CCN(CC4CCC(n5cc(N)c(C(F)F)n5)CC4)C[C@@H]3F)c21. The van der Waals surface area contributed by atoms with Crippen molar-refractivity contribution in [1.82, 2.24) is 29.8 Å². The Kier molecular flexibility index (Phi) is 9.14. The maximum Gasteiger partial charge on any atom is 0.284 e. The van der Waals surface area contributed by atoms with Gasteiger partial charge in [0.1, 0.15) is 12.8 Å². The van der Waals surface area contributed by atoms with Gasteiger partial charge in [-0.3, -0.25) is 29.2 Å². The van der Waals surface area contributed by atoms with Crippen LogP contribution in [0.2, 0.25) is 0 Å². The summed E-state index contributed by atoms with van der Waals surface area (Å²) in [6.07, 6.45) is 1.97. The third-order valence-electron chi connectivity index (χ3n) is 9.32. The van der Waals surface area contributed by atoms with Crippen molar-refractivity contribution in [3.8, 4) is 11.8 Å². The number of fused-ring (bicyclic) bond motifs is 1. The first kappa shape index (κ1) is 31.1. The van der Waals surface area contributed by atoms with E-state index in [0.717, 1.165) is 55.2 Å². The number of halogens is 3. The number of benzene rings is 1. The molecule has 4 heterocycles. The lowest BCUT2D eigenvalue weighted by atomic mass is 9.85. The summed E-state index contributed by atoms with van der Waals surface area (Å²) >= 11 is 0. The number of carbonyl (C=O) groups excluding carboxylic acids is 2. The molecule has 3 N–H and O–H groups in total. The number of nitrogens with one attached hydrogen (secondary N) is 1. The molecule has 2 aliphatic heterocycles. The second kappa shape index (κ2) is 13.2. The van der Waals surface area contributed by atoms with Gasteiger partial charge in [-0.05, 0) is 50.5 Å². The number of para-hydroxylation sites is 1. The monoisotopic (exact) mass is 625 g/mol. The molecule has 1 unspecified atom stereocenters. The zero-order valence-corrected chi connectivity index (χ0v) is 25.2. The topological polar surface area (TPSA) is 120 Å². The van der Waals surface area contributed by atoms with E-state index in [1.165, 1.54) is 6.20 Å². The number of aromatic nitrogens is 4. The molecule has 1 aliphatic carbocycles. The summed E-state index contributed by atoms with van der Waals surface area (Å²) in [5, 5.41) is 11.8. The molecule has 3 aromatic rings. The molecular weight excluding hydrogens is 587 g/mol. The van der Waals surface area contributed by atoms with Gasteiger partial charge in [-0.1, -0.05) is 24.0 Å². The second-order valence-corrected chi connectivity index (χ2v) is 12.4. The van der Waals surface area contributed by atoms with Gasteiger partial charge in [-0.15, -0.1) is 0 Å². The Bertz CT molecular complexity index is 1620. The van der Waals surface area contributed by atoms with Crippen molar-refractivity contribution in [1.29, 1.82) is 0 Å². The average Bonchev–Trinajstić information content (AvgIpc) is 3.57. The molecule has 2 saturated heterocycles. The van der Waals surface area contributed by atoms with Gasteiger partial charge in [0.2, 0.25) is 11.8 Å². The molecular formula is C32H38F3N7O3. The quantitative estimate of drug-likeness (QED) is 0.301. The number of ether oxygens (including phenoxy) is 1. The number of piperidine rings is 2. The standard InChI is InChI=1S/C32H38F3N7O3/c1-40-30-20(4-2-6-22(30)28(38-40)23-11-12-27(43)37-32(23)44)5-3-15-45-26-13-14-41(17-24(26)33)16-19-7-9-21(10-8-19)42-18-25(36)29(39-42)31(34)35/h2,4,6,18-19,21,23-24,26,31H,7-17,36H2,1H3,(H,37,43,44)/t19?,21?,23?,24-,26+/m0/s1. The molecule has 0 spiro atoms. The smallest absolute Gasteiger partial charge is 0.284 e. The van der Waals surface area contributed by atoms with E-state index < -0.39 is 24.6 Å². The molecule has 2 aromatic heterocycles. The molecule has 0 bridgehead atoms. The van der Waals surface area contributed by atoms with Crippen molar-refractivity contribution in [2.75, 3.05) is 32.0 Å². The van der Waals surface area contributed by atoms with Crippen molar-refractivity contribution >= 4 is 28.4 Å². The Morgan fingerprint density at radius 2 is 1.93 bits per heavy atom. The fourth-order valence-electron chi connectivity index (χ4n) is 6.99. The molecule has 1 saturated carbocycles. The summed E-state index contributed by atoms with van der Waals surface area (Å²) in [4.78, 5) is 26.2. The number of alkyl halides is 3. The zero-order chi connectivity index (χ0) is 31.7. The predicted octanol–water partition coefficient (Wildman–Crippen LogP) is 4.02. The first-order chi connectivity index (χ1) is 21.7. The fourth-order valence-corrected chi connectivity index (χ4v) is 6.99. The highest BCUT2D eigenvalue weighted by atomic mass is 19.3. The minimum atomic E-state index is -2.68. The molecule has 6 rings (SSSR count). The summed E-state index contributed by atoms with van der Waals surface area (Å²) in [6.45, 7) is 1.94. The van der Waals surface area contributed by atoms with Gasteiger partial charge in [0.15, 0.2) is 5.69 Å². The molecule has 2 amide bonds. The van der Waals surface area contributed by atoms with Crippen molar-refractivity contribution in [3.05, 3.63) is 41.3 Å². The maximum atomic E-state index is 15.1. The summed E-state index contributed by atoms with van der Waals surface area (Å²) < 4.78 is 50.4. The number of likely N-dealkylation sites (tertiary alicyclic amines) is 1. The highest BCUT2D eigenvalue weighted by Gasteiger charge is 2.33. The van der Waals surface area contributed by atoms with Gasteiger partial charge in [0, 0.05) is 44.7 Å². The van der Waals surface area contributed by atoms with Crippen LogP contribution in [-0.2, 0) is 21.4 Å². The molecule has 3 atom stereocenters. The molecule has 13 heteroatoms. The van der Waals surface area contributed by atoms with E-state index >= 15 is 4.39 Å². The average molecular weight is 626 g/mol. The van der Waals surface area contributed by atoms with E-state index in [-0.39, 0.29) is 42.3 Å². The molecule has 10 nitrogen and oxygen atoms in total. The van der Waals surface area contributed by atoms with Crippen molar-refractivity contribution in [2.45, 2.75) is 75.6 Å². The molecule has 240 valence electrons. The van der Waals surface area contributed by atoms with E-state index in [4.69, 9.17) is 10.5 Å². The first-order valence-corrected chi connectivity index (χ1v) is 15.6. The highest BCUT2D eigenvalue weighted by Crippen LogP contribution is 2.35. The minimum absolute atomic E-state index is 0.0311. The molecule has 3 aliphatic rings. The maximum absolute atomic E-state index is 15.1. The zero-order valence-electron chi connectivity index (χ0n) is 25.2. The largest absolute Gasteiger partial charge is 0.396 e. The van der Waals surface area contributed by atoms with E-state index in [1.807, 2.05) is 18.2 Å². The Balaban J connectivity index is 0.983. The summed E-state index contributed by atoms with van der Waals surface area (Å²) in [6, 6.07) is 5.69. The van der Waals surface area contributed by atoms with Crippen LogP contribution < -0.4 is 11.1 Å². The van der Waals surface area contributed by atoms with Gasteiger partial charge in [0.05, 0.1) is 40.5 Å². The number of aryl methyl sites for hydroxylation is 1. The van der Waals surface area contributed by atoms with E-state index in [9.17, 15) is 18.4 Å². The van der Waals surface area contributed by atoms with Gasteiger partial charge >= 0.3 is 0 Å². The summed E-state index contributed by atoms with van der Waals surface area (Å²) in [5.74, 6) is 5.48. The lowest BCUT2D eigenvalue weighted by molar-refractivity contribution is -0.134. The summed E-state index contributed by atoms with van der Waals surface area (Å²) in [5.41, 5.74) is 7.53. The molecule has 0 radical (unpaired) electrons. The number of imide groups is 1. The van der Waals surface area contributed by atoms with Crippen molar-refractivity contribution in [2.24, 2.45) is 13.0 Å². The van der Waals surface area contributed by atoms with Gasteiger partial charge < -0.3 is 10.5 Å². The van der Waals surface area contributed by atoms with Crippen LogP contribution in [0.5, 0.6) is 0 Å². The third-order valence-corrected chi connectivity index (χ3v) is 9.32. The van der Waals surface area contributed by atoms with E-state index in [1.54, 1.807) is 16.4 Å². The highest BCUT2D eigenvalue weighted by molar-refractivity contribution is 6.02. The van der Waals surface area contributed by atoms with Crippen LogP contribution in [0.3, 0.4) is 0 Å². The number of anilines is 1.